The van der Waals surface area contributed by atoms with Crippen molar-refractivity contribution in [3.05, 3.63) is 29.8 Å². The highest BCUT2D eigenvalue weighted by atomic mass is 16.5. The zero-order valence-electron chi connectivity index (χ0n) is 13.4. The minimum atomic E-state index is -0.412. The van der Waals surface area contributed by atoms with Gasteiger partial charge in [-0.25, -0.2) is 4.79 Å². The number of para-hydroxylation sites is 1. The predicted molar refractivity (Wildman–Crippen MR) is 85.5 cm³/mol. The van der Waals surface area contributed by atoms with Gasteiger partial charge in [0.2, 0.25) is 5.91 Å². The lowest BCUT2D eigenvalue weighted by atomic mass is 10.1. The summed E-state index contributed by atoms with van der Waals surface area (Å²) in [5.74, 6) is -0.343. The van der Waals surface area contributed by atoms with Crippen LogP contribution in [0.5, 0.6) is 0 Å². The zero-order chi connectivity index (χ0) is 16.2. The zero-order valence-corrected chi connectivity index (χ0v) is 13.4. The minimum absolute atomic E-state index is 0.0691. The van der Waals surface area contributed by atoms with Gasteiger partial charge in [-0.05, 0) is 18.6 Å². The lowest BCUT2D eigenvalue weighted by molar-refractivity contribution is -0.117. The number of nitrogens with zero attached hydrogens (tertiary/aromatic N) is 2. The molecule has 1 aromatic carbocycles. The molecule has 6 heteroatoms. The molecule has 0 spiro atoms. The second kappa shape index (κ2) is 7.10. The van der Waals surface area contributed by atoms with Gasteiger partial charge in [-0.2, -0.15) is 0 Å². The van der Waals surface area contributed by atoms with Crippen LogP contribution < -0.4 is 4.90 Å². The summed E-state index contributed by atoms with van der Waals surface area (Å²) >= 11 is 0. The number of hydrogen-bond donors (Lipinski definition) is 0. The van der Waals surface area contributed by atoms with Crippen LogP contribution in [-0.4, -0.2) is 62.8 Å². The molecule has 1 aromatic rings. The molecule has 0 aromatic heterocycles. The van der Waals surface area contributed by atoms with Gasteiger partial charge < -0.3 is 14.4 Å². The number of amides is 1. The molecule has 0 N–H and O–H groups in total. The summed E-state index contributed by atoms with van der Waals surface area (Å²) in [4.78, 5) is 28.5. The molecule has 0 bridgehead atoms. The van der Waals surface area contributed by atoms with Crippen LogP contribution in [0.4, 0.5) is 5.69 Å². The van der Waals surface area contributed by atoms with E-state index in [1.54, 1.807) is 17.0 Å². The highest BCUT2D eigenvalue weighted by Crippen LogP contribution is 2.30. The summed E-state index contributed by atoms with van der Waals surface area (Å²) in [5.41, 5.74) is 1.09. The number of carbonyl (C=O) groups excluding carboxylic acids is 2. The Morgan fingerprint density at radius 2 is 2.04 bits per heavy atom. The molecule has 2 aliphatic heterocycles. The second-order valence-corrected chi connectivity index (χ2v) is 5.88. The molecule has 0 aliphatic carbocycles. The molecule has 2 heterocycles. The molecule has 23 heavy (non-hydrogen) atoms. The number of morpholine rings is 1. The van der Waals surface area contributed by atoms with Gasteiger partial charge in [0.25, 0.3) is 0 Å². The molecule has 1 atom stereocenters. The highest BCUT2D eigenvalue weighted by Gasteiger charge is 2.35. The van der Waals surface area contributed by atoms with Crippen molar-refractivity contribution in [2.75, 3.05) is 44.9 Å². The Labute approximate surface area is 136 Å². The average molecular weight is 318 g/mol. The summed E-state index contributed by atoms with van der Waals surface area (Å²) in [6.45, 7) is 4.05. The summed E-state index contributed by atoms with van der Waals surface area (Å²) in [5, 5.41) is 0. The fraction of sp³-hybridized carbons (Fsp3) is 0.529. The van der Waals surface area contributed by atoms with Crippen molar-refractivity contribution in [1.82, 2.24) is 4.90 Å². The number of hydrogen-bond acceptors (Lipinski definition) is 5. The predicted octanol–water partition coefficient (Wildman–Crippen LogP) is 1.30. The normalized spacial score (nSPS) is 22.4. The van der Waals surface area contributed by atoms with Crippen LogP contribution in [0.15, 0.2) is 24.3 Å². The van der Waals surface area contributed by atoms with Crippen LogP contribution in [0.2, 0.25) is 0 Å². The van der Waals surface area contributed by atoms with Crippen molar-refractivity contribution >= 4 is 17.6 Å². The molecule has 0 saturated carbocycles. The van der Waals surface area contributed by atoms with Gasteiger partial charge in [-0.1, -0.05) is 12.1 Å². The van der Waals surface area contributed by atoms with Gasteiger partial charge in [0.15, 0.2) is 0 Å². The number of rotatable bonds is 4. The van der Waals surface area contributed by atoms with Crippen molar-refractivity contribution < 1.29 is 19.1 Å². The number of esters is 1. The van der Waals surface area contributed by atoms with Gasteiger partial charge >= 0.3 is 5.97 Å². The molecule has 6 nitrogen and oxygen atoms in total. The van der Waals surface area contributed by atoms with Crippen LogP contribution >= 0.6 is 0 Å². The minimum Gasteiger partial charge on any atom is -0.465 e. The van der Waals surface area contributed by atoms with E-state index in [4.69, 9.17) is 9.47 Å². The maximum atomic E-state index is 12.4. The van der Waals surface area contributed by atoms with Gasteiger partial charge in [0.05, 0.1) is 37.6 Å². The maximum Gasteiger partial charge on any atom is 0.339 e. The fourth-order valence-electron chi connectivity index (χ4n) is 3.30. The van der Waals surface area contributed by atoms with Crippen LogP contribution in [0, 0.1) is 0 Å². The van der Waals surface area contributed by atoms with Crippen LogP contribution in [0.25, 0.3) is 0 Å². The Balaban J connectivity index is 1.84. The molecule has 2 aliphatic rings. The molecule has 1 unspecified atom stereocenters. The molecule has 3 rings (SSSR count). The number of methoxy groups -OCH3 is 1. The topological polar surface area (TPSA) is 59.1 Å². The SMILES string of the molecule is COC(=O)c1ccccc1N1C(=O)CCC1CN1CCOCC1. The summed E-state index contributed by atoms with van der Waals surface area (Å²) in [6, 6.07) is 7.25. The Hall–Kier alpha value is -1.92. The van der Waals surface area contributed by atoms with E-state index in [1.807, 2.05) is 12.1 Å². The first-order valence-corrected chi connectivity index (χ1v) is 8.00. The number of ether oxygens (including phenoxy) is 2. The van der Waals surface area contributed by atoms with Crippen LogP contribution in [-0.2, 0) is 14.3 Å². The fourth-order valence-corrected chi connectivity index (χ4v) is 3.30. The van der Waals surface area contributed by atoms with Gasteiger partial charge in [0, 0.05) is 26.1 Å². The number of carbonyl (C=O) groups is 2. The smallest absolute Gasteiger partial charge is 0.339 e. The first-order chi connectivity index (χ1) is 11.2. The Kier molecular flexibility index (Phi) is 4.93. The summed E-state index contributed by atoms with van der Waals surface area (Å²) < 4.78 is 10.2. The van der Waals surface area contributed by atoms with Gasteiger partial charge in [-0.3, -0.25) is 9.69 Å². The van der Waals surface area contributed by atoms with E-state index in [0.717, 1.165) is 39.3 Å². The van der Waals surface area contributed by atoms with Crippen molar-refractivity contribution in [1.29, 1.82) is 0 Å². The monoisotopic (exact) mass is 318 g/mol. The second-order valence-electron chi connectivity index (χ2n) is 5.88. The van der Waals surface area contributed by atoms with Gasteiger partial charge in [0.1, 0.15) is 0 Å². The molecule has 2 fully saturated rings. The third-order valence-corrected chi connectivity index (χ3v) is 4.47. The molecular formula is C17H22N2O4. The average Bonchev–Trinajstić information content (AvgIpc) is 2.95. The standard InChI is InChI=1S/C17H22N2O4/c1-22-17(21)14-4-2-3-5-15(14)19-13(6-7-16(19)20)12-18-8-10-23-11-9-18/h2-5,13H,6-12H2,1H3. The van der Waals surface area contributed by atoms with Crippen molar-refractivity contribution in [2.24, 2.45) is 0 Å². The van der Waals surface area contributed by atoms with E-state index in [1.165, 1.54) is 7.11 Å². The quantitative estimate of drug-likeness (QED) is 0.783. The van der Waals surface area contributed by atoms with E-state index >= 15 is 0 Å². The largest absolute Gasteiger partial charge is 0.465 e. The van der Waals surface area contributed by atoms with Crippen molar-refractivity contribution in [3.63, 3.8) is 0 Å². The summed E-state index contributed by atoms with van der Waals surface area (Å²) in [6.07, 6.45) is 1.33. The molecule has 2 saturated heterocycles. The maximum absolute atomic E-state index is 12.4. The van der Waals surface area contributed by atoms with E-state index in [2.05, 4.69) is 4.90 Å². The van der Waals surface area contributed by atoms with E-state index in [-0.39, 0.29) is 11.9 Å². The molecule has 124 valence electrons. The summed E-state index contributed by atoms with van der Waals surface area (Å²) in [7, 11) is 1.36. The van der Waals surface area contributed by atoms with Gasteiger partial charge in [-0.15, -0.1) is 0 Å². The highest BCUT2D eigenvalue weighted by molar-refractivity contribution is 6.04. The molecule has 1 amide bonds. The Morgan fingerprint density at radius 1 is 1.30 bits per heavy atom. The Morgan fingerprint density at radius 3 is 2.78 bits per heavy atom. The molecule has 0 radical (unpaired) electrons. The van der Waals surface area contributed by atoms with E-state index in [0.29, 0.717) is 17.7 Å². The third-order valence-electron chi connectivity index (χ3n) is 4.47. The van der Waals surface area contributed by atoms with Crippen molar-refractivity contribution in [3.8, 4) is 0 Å². The molecular weight excluding hydrogens is 296 g/mol. The van der Waals surface area contributed by atoms with Crippen LogP contribution in [0.1, 0.15) is 23.2 Å². The Bertz CT molecular complexity index is 584. The van der Waals surface area contributed by atoms with E-state index < -0.39 is 5.97 Å². The van der Waals surface area contributed by atoms with Crippen LogP contribution in [0.3, 0.4) is 0 Å². The first-order valence-electron chi connectivity index (χ1n) is 8.00. The third kappa shape index (κ3) is 3.38. The number of benzene rings is 1. The van der Waals surface area contributed by atoms with E-state index in [9.17, 15) is 9.59 Å². The lowest BCUT2D eigenvalue weighted by Gasteiger charge is -2.33. The lowest BCUT2D eigenvalue weighted by Crippen LogP contribution is -2.46. The number of anilines is 1. The first kappa shape index (κ1) is 16.0. The van der Waals surface area contributed by atoms with Crippen molar-refractivity contribution in [2.45, 2.75) is 18.9 Å².